The predicted octanol–water partition coefficient (Wildman–Crippen LogP) is 2.37. The summed E-state index contributed by atoms with van der Waals surface area (Å²) in [5, 5.41) is 22.0. The Morgan fingerprint density at radius 1 is 1.15 bits per heavy atom. The van der Waals surface area contributed by atoms with Crippen LogP contribution in [0.4, 0.5) is 5.69 Å². The van der Waals surface area contributed by atoms with Gasteiger partial charge in [0.1, 0.15) is 11.5 Å². The lowest BCUT2D eigenvalue weighted by Crippen LogP contribution is -2.23. The quantitative estimate of drug-likeness (QED) is 0.511. The molecule has 0 aliphatic rings. The van der Waals surface area contributed by atoms with E-state index in [-0.39, 0.29) is 23.6 Å². The molecule has 104 valence electrons. The first-order chi connectivity index (χ1) is 9.47. The van der Waals surface area contributed by atoms with Gasteiger partial charge in [0, 0.05) is 22.3 Å². The number of carbonyl (C=O) groups excluding carboxylic acids is 1. The Morgan fingerprint density at radius 3 is 2.60 bits per heavy atom. The molecule has 0 spiro atoms. The Morgan fingerprint density at radius 2 is 1.90 bits per heavy atom. The van der Waals surface area contributed by atoms with Crippen molar-refractivity contribution in [1.82, 2.24) is 5.32 Å². The number of phenols is 2. The maximum atomic E-state index is 11.9. The van der Waals surface area contributed by atoms with Crippen LogP contribution in [0.25, 0.3) is 0 Å². The van der Waals surface area contributed by atoms with Crippen molar-refractivity contribution in [3.8, 4) is 11.5 Å². The van der Waals surface area contributed by atoms with E-state index in [2.05, 4.69) is 21.2 Å². The number of nitrogen functional groups attached to an aromatic ring is 1. The van der Waals surface area contributed by atoms with Crippen LogP contribution in [0.1, 0.15) is 15.9 Å². The fraction of sp³-hybridized carbons (Fsp3) is 0.0714. The fourth-order valence-corrected chi connectivity index (χ4v) is 2.06. The molecule has 0 heterocycles. The van der Waals surface area contributed by atoms with Crippen LogP contribution in [0.15, 0.2) is 40.9 Å². The van der Waals surface area contributed by atoms with E-state index in [1.165, 1.54) is 18.2 Å². The van der Waals surface area contributed by atoms with Crippen LogP contribution in [0.5, 0.6) is 11.5 Å². The molecule has 5 N–H and O–H groups in total. The summed E-state index contributed by atoms with van der Waals surface area (Å²) in [4.78, 5) is 11.9. The first kappa shape index (κ1) is 14.2. The van der Waals surface area contributed by atoms with Gasteiger partial charge in [0.05, 0.1) is 5.56 Å². The SMILES string of the molecule is Nc1ccc(O)c(CNC(=O)c2ccc(Br)cc2O)c1. The average molecular weight is 337 g/mol. The first-order valence-corrected chi connectivity index (χ1v) is 6.61. The number of rotatable bonds is 3. The normalized spacial score (nSPS) is 10.2. The minimum Gasteiger partial charge on any atom is -0.508 e. The highest BCUT2D eigenvalue weighted by molar-refractivity contribution is 9.10. The molecule has 6 heteroatoms. The molecule has 0 radical (unpaired) electrons. The summed E-state index contributed by atoms with van der Waals surface area (Å²) in [5.41, 5.74) is 6.79. The summed E-state index contributed by atoms with van der Waals surface area (Å²) in [6.45, 7) is 0.116. The van der Waals surface area contributed by atoms with Gasteiger partial charge in [0.25, 0.3) is 5.91 Å². The second-order valence-corrected chi connectivity index (χ2v) is 5.15. The lowest BCUT2D eigenvalue weighted by molar-refractivity contribution is 0.0948. The van der Waals surface area contributed by atoms with E-state index in [0.29, 0.717) is 15.7 Å². The van der Waals surface area contributed by atoms with E-state index in [1.807, 2.05) is 0 Å². The highest BCUT2D eigenvalue weighted by Crippen LogP contribution is 2.23. The molecule has 2 aromatic rings. The van der Waals surface area contributed by atoms with Crippen LogP contribution in [0, 0.1) is 0 Å². The molecule has 0 aliphatic carbocycles. The molecule has 5 nitrogen and oxygen atoms in total. The molecular weight excluding hydrogens is 324 g/mol. The van der Waals surface area contributed by atoms with Gasteiger partial charge in [-0.15, -0.1) is 0 Å². The molecule has 0 atom stereocenters. The zero-order valence-electron chi connectivity index (χ0n) is 10.4. The summed E-state index contributed by atoms with van der Waals surface area (Å²) in [7, 11) is 0. The summed E-state index contributed by atoms with van der Waals surface area (Å²) in [6.07, 6.45) is 0. The predicted molar refractivity (Wildman–Crippen MR) is 79.5 cm³/mol. The molecule has 0 fully saturated rings. The standard InChI is InChI=1S/C14H13BrN2O3/c15-9-1-3-11(13(19)6-9)14(20)17-7-8-5-10(16)2-4-12(8)18/h1-6,18-19H,7,16H2,(H,17,20). The van der Waals surface area contributed by atoms with E-state index in [4.69, 9.17) is 5.73 Å². The van der Waals surface area contributed by atoms with Crippen LogP contribution in [0.2, 0.25) is 0 Å². The first-order valence-electron chi connectivity index (χ1n) is 5.81. The number of aromatic hydroxyl groups is 2. The highest BCUT2D eigenvalue weighted by Gasteiger charge is 2.12. The number of anilines is 1. The lowest BCUT2D eigenvalue weighted by Gasteiger charge is -2.09. The number of amides is 1. The van der Waals surface area contributed by atoms with Crippen LogP contribution < -0.4 is 11.1 Å². The number of nitrogens with two attached hydrogens (primary N) is 1. The van der Waals surface area contributed by atoms with E-state index in [1.54, 1.807) is 18.2 Å². The zero-order valence-corrected chi connectivity index (χ0v) is 12.0. The topological polar surface area (TPSA) is 95.6 Å². The average Bonchev–Trinajstić information content (AvgIpc) is 2.39. The van der Waals surface area contributed by atoms with Gasteiger partial charge in [-0.1, -0.05) is 15.9 Å². The van der Waals surface area contributed by atoms with Gasteiger partial charge in [-0.25, -0.2) is 0 Å². The van der Waals surface area contributed by atoms with Gasteiger partial charge in [0.15, 0.2) is 0 Å². The van der Waals surface area contributed by atoms with Crippen molar-refractivity contribution in [2.45, 2.75) is 6.54 Å². The molecule has 2 rings (SSSR count). The number of phenolic OH excluding ortho intramolecular Hbond substituents is 2. The van der Waals surface area contributed by atoms with Crippen molar-refractivity contribution < 1.29 is 15.0 Å². The number of carbonyl (C=O) groups is 1. The molecule has 0 saturated carbocycles. The Kier molecular flexibility index (Phi) is 4.14. The maximum absolute atomic E-state index is 11.9. The van der Waals surface area contributed by atoms with Crippen molar-refractivity contribution in [1.29, 1.82) is 0 Å². The van der Waals surface area contributed by atoms with Crippen molar-refractivity contribution in [3.63, 3.8) is 0 Å². The third kappa shape index (κ3) is 3.21. The molecule has 0 saturated heterocycles. The van der Waals surface area contributed by atoms with Crippen molar-refractivity contribution >= 4 is 27.5 Å². The van der Waals surface area contributed by atoms with Gasteiger partial charge in [0.2, 0.25) is 0 Å². The van der Waals surface area contributed by atoms with Crippen molar-refractivity contribution in [2.24, 2.45) is 0 Å². The van der Waals surface area contributed by atoms with E-state index in [9.17, 15) is 15.0 Å². The Balaban J connectivity index is 2.10. The number of halogens is 1. The number of nitrogens with one attached hydrogen (secondary N) is 1. The summed E-state index contributed by atoms with van der Waals surface area (Å²) >= 11 is 3.20. The molecule has 0 unspecified atom stereocenters. The molecule has 2 aromatic carbocycles. The van der Waals surface area contributed by atoms with Crippen LogP contribution >= 0.6 is 15.9 Å². The molecular formula is C14H13BrN2O3. The molecule has 0 bridgehead atoms. The third-order valence-electron chi connectivity index (χ3n) is 2.75. The van der Waals surface area contributed by atoms with Gasteiger partial charge in [-0.3, -0.25) is 4.79 Å². The fourth-order valence-electron chi connectivity index (χ4n) is 1.71. The molecule has 20 heavy (non-hydrogen) atoms. The minimum absolute atomic E-state index is 0.0551. The van der Waals surface area contributed by atoms with Gasteiger partial charge in [-0.05, 0) is 36.4 Å². The van der Waals surface area contributed by atoms with Gasteiger partial charge in [-0.2, -0.15) is 0 Å². The van der Waals surface area contributed by atoms with Crippen LogP contribution in [0.3, 0.4) is 0 Å². The summed E-state index contributed by atoms with van der Waals surface area (Å²) in [5.74, 6) is -0.495. The van der Waals surface area contributed by atoms with Crippen molar-refractivity contribution in [3.05, 3.63) is 52.0 Å². The Bertz CT molecular complexity index is 659. The second kappa shape index (κ2) is 5.83. The Hall–Kier alpha value is -2.21. The minimum atomic E-state index is -0.433. The maximum Gasteiger partial charge on any atom is 0.255 e. The van der Waals surface area contributed by atoms with Crippen molar-refractivity contribution in [2.75, 3.05) is 5.73 Å². The van der Waals surface area contributed by atoms with Gasteiger partial charge < -0.3 is 21.3 Å². The molecule has 1 amide bonds. The zero-order chi connectivity index (χ0) is 14.7. The number of benzene rings is 2. The summed E-state index contributed by atoms with van der Waals surface area (Å²) < 4.78 is 0.681. The number of hydrogen-bond donors (Lipinski definition) is 4. The largest absolute Gasteiger partial charge is 0.508 e. The summed E-state index contributed by atoms with van der Waals surface area (Å²) in [6, 6.07) is 9.22. The smallest absolute Gasteiger partial charge is 0.255 e. The number of hydrogen-bond acceptors (Lipinski definition) is 4. The lowest BCUT2D eigenvalue weighted by atomic mass is 10.1. The van der Waals surface area contributed by atoms with Gasteiger partial charge >= 0.3 is 0 Å². The molecule has 0 aliphatic heterocycles. The Labute approximate surface area is 124 Å². The van der Waals surface area contributed by atoms with E-state index >= 15 is 0 Å². The van der Waals surface area contributed by atoms with E-state index < -0.39 is 5.91 Å². The van der Waals surface area contributed by atoms with E-state index in [0.717, 1.165) is 0 Å². The molecule has 0 aromatic heterocycles. The third-order valence-corrected chi connectivity index (χ3v) is 3.24. The highest BCUT2D eigenvalue weighted by atomic mass is 79.9. The van der Waals surface area contributed by atoms with Crippen LogP contribution in [-0.4, -0.2) is 16.1 Å². The monoisotopic (exact) mass is 336 g/mol. The van der Waals surface area contributed by atoms with Crippen LogP contribution in [-0.2, 0) is 6.54 Å². The second-order valence-electron chi connectivity index (χ2n) is 4.23.